The molecule has 0 spiro atoms. The van der Waals surface area contributed by atoms with E-state index in [-0.39, 0.29) is 19.0 Å². The second-order valence-electron chi connectivity index (χ2n) is 4.91. The Morgan fingerprint density at radius 1 is 0.900 bits per heavy atom. The number of rotatable bonds is 5. The molecule has 2 aromatic carbocycles. The Kier molecular flexibility index (Phi) is 4.91. The van der Waals surface area contributed by atoms with E-state index >= 15 is 0 Å². The summed E-state index contributed by atoms with van der Waals surface area (Å²) in [6, 6.07) is 13.6. The topological polar surface area (TPSA) is 40.5 Å². The summed E-state index contributed by atoms with van der Waals surface area (Å²) in [6.45, 7) is -0.406. The van der Waals surface area contributed by atoms with Crippen LogP contribution in [0.4, 0.5) is 4.39 Å². The van der Waals surface area contributed by atoms with Gasteiger partial charge in [-0.25, -0.2) is 4.39 Å². The van der Waals surface area contributed by atoms with Crippen LogP contribution in [0, 0.1) is 5.82 Å². The molecule has 2 aromatic rings. The van der Waals surface area contributed by atoms with Crippen molar-refractivity contribution in [2.45, 2.75) is 11.8 Å². The van der Waals surface area contributed by atoms with Crippen LogP contribution in [0.3, 0.4) is 0 Å². The van der Waals surface area contributed by atoms with Crippen molar-refractivity contribution in [3.05, 3.63) is 69.9 Å². The number of aliphatic hydroxyl groups excluding tert-OH is 2. The average Bonchev–Trinajstić information content (AvgIpc) is 2.48. The van der Waals surface area contributed by atoms with E-state index in [0.29, 0.717) is 6.42 Å². The van der Waals surface area contributed by atoms with Gasteiger partial charge in [0.25, 0.3) is 0 Å². The highest BCUT2D eigenvalue weighted by molar-refractivity contribution is 9.10. The molecule has 0 amide bonds. The highest BCUT2D eigenvalue weighted by Gasteiger charge is 2.31. The SMILES string of the molecule is OCC(CO)(Cc1ccc(Br)cc1)c1ccc(F)cc1. The number of aliphatic hydroxyl groups is 2. The Morgan fingerprint density at radius 3 is 1.95 bits per heavy atom. The van der Waals surface area contributed by atoms with Gasteiger partial charge in [-0.1, -0.05) is 40.2 Å². The van der Waals surface area contributed by atoms with Crippen molar-refractivity contribution in [3.63, 3.8) is 0 Å². The Labute approximate surface area is 126 Å². The number of hydrogen-bond donors (Lipinski definition) is 2. The molecule has 106 valence electrons. The van der Waals surface area contributed by atoms with Crippen molar-refractivity contribution in [1.29, 1.82) is 0 Å². The maximum absolute atomic E-state index is 13.0. The summed E-state index contributed by atoms with van der Waals surface area (Å²) in [5.74, 6) is -0.331. The molecule has 0 aliphatic heterocycles. The van der Waals surface area contributed by atoms with Crippen LogP contribution >= 0.6 is 15.9 Å². The maximum Gasteiger partial charge on any atom is 0.123 e. The van der Waals surface area contributed by atoms with E-state index in [1.54, 1.807) is 12.1 Å². The lowest BCUT2D eigenvalue weighted by molar-refractivity contribution is 0.116. The maximum atomic E-state index is 13.0. The standard InChI is InChI=1S/C16H16BrFO2/c17-14-5-1-12(2-6-14)9-16(10-19,11-20)13-3-7-15(18)8-4-13/h1-8,19-20H,9-11H2. The monoisotopic (exact) mass is 338 g/mol. The largest absolute Gasteiger partial charge is 0.395 e. The zero-order valence-electron chi connectivity index (χ0n) is 10.9. The van der Waals surface area contributed by atoms with Crippen LogP contribution in [-0.4, -0.2) is 23.4 Å². The Hall–Kier alpha value is -1.23. The van der Waals surface area contributed by atoms with Gasteiger partial charge in [0.15, 0.2) is 0 Å². The van der Waals surface area contributed by atoms with Crippen LogP contribution in [0.15, 0.2) is 53.0 Å². The minimum absolute atomic E-state index is 0.203. The van der Waals surface area contributed by atoms with Gasteiger partial charge in [-0.05, 0) is 41.8 Å². The van der Waals surface area contributed by atoms with E-state index < -0.39 is 5.41 Å². The first kappa shape index (κ1) is 15.2. The van der Waals surface area contributed by atoms with Gasteiger partial charge in [0.05, 0.1) is 13.2 Å². The van der Waals surface area contributed by atoms with Crippen molar-refractivity contribution < 1.29 is 14.6 Å². The van der Waals surface area contributed by atoms with Crippen molar-refractivity contribution in [2.75, 3.05) is 13.2 Å². The summed E-state index contributed by atoms with van der Waals surface area (Å²) in [7, 11) is 0. The van der Waals surface area contributed by atoms with Crippen LogP contribution in [0.25, 0.3) is 0 Å². The molecule has 0 fully saturated rings. The summed E-state index contributed by atoms with van der Waals surface area (Å²) >= 11 is 3.37. The summed E-state index contributed by atoms with van der Waals surface area (Å²) < 4.78 is 14.0. The first-order valence-corrected chi connectivity index (χ1v) is 7.11. The molecule has 0 atom stereocenters. The molecule has 0 saturated carbocycles. The number of halogens is 2. The van der Waals surface area contributed by atoms with Crippen molar-refractivity contribution in [2.24, 2.45) is 0 Å². The van der Waals surface area contributed by atoms with E-state index in [1.807, 2.05) is 24.3 Å². The second-order valence-corrected chi connectivity index (χ2v) is 5.82. The summed E-state index contributed by atoms with van der Waals surface area (Å²) in [5, 5.41) is 19.5. The van der Waals surface area contributed by atoms with Crippen LogP contribution in [0.5, 0.6) is 0 Å². The van der Waals surface area contributed by atoms with Gasteiger partial charge in [0.2, 0.25) is 0 Å². The van der Waals surface area contributed by atoms with Gasteiger partial charge in [-0.3, -0.25) is 0 Å². The van der Waals surface area contributed by atoms with Crippen LogP contribution in [0.1, 0.15) is 11.1 Å². The van der Waals surface area contributed by atoms with E-state index in [2.05, 4.69) is 15.9 Å². The Bertz CT molecular complexity index is 548. The van der Waals surface area contributed by atoms with Crippen LogP contribution in [0.2, 0.25) is 0 Å². The van der Waals surface area contributed by atoms with Gasteiger partial charge in [0, 0.05) is 9.89 Å². The first-order chi connectivity index (χ1) is 9.59. The fourth-order valence-electron chi connectivity index (χ4n) is 2.24. The van der Waals surface area contributed by atoms with Gasteiger partial charge in [-0.15, -0.1) is 0 Å². The fraction of sp³-hybridized carbons (Fsp3) is 0.250. The molecular formula is C16H16BrFO2. The fourth-order valence-corrected chi connectivity index (χ4v) is 2.51. The van der Waals surface area contributed by atoms with E-state index in [9.17, 15) is 14.6 Å². The van der Waals surface area contributed by atoms with Crippen molar-refractivity contribution in [3.8, 4) is 0 Å². The molecule has 0 aromatic heterocycles. The quantitative estimate of drug-likeness (QED) is 0.879. The molecule has 0 radical (unpaired) electrons. The van der Waals surface area contributed by atoms with Crippen molar-refractivity contribution >= 4 is 15.9 Å². The third-order valence-corrected chi connectivity index (χ3v) is 4.05. The lowest BCUT2D eigenvalue weighted by Crippen LogP contribution is -2.37. The molecule has 2 N–H and O–H groups in total. The highest BCUT2D eigenvalue weighted by Crippen LogP contribution is 2.28. The molecule has 0 saturated heterocycles. The molecule has 0 unspecified atom stereocenters. The molecule has 2 rings (SSSR count). The minimum Gasteiger partial charge on any atom is -0.395 e. The molecule has 4 heteroatoms. The van der Waals surface area contributed by atoms with Crippen LogP contribution < -0.4 is 0 Å². The Balaban J connectivity index is 2.33. The summed E-state index contributed by atoms with van der Waals surface area (Å²) in [4.78, 5) is 0. The summed E-state index contributed by atoms with van der Waals surface area (Å²) in [6.07, 6.45) is 0.485. The predicted molar refractivity (Wildman–Crippen MR) is 80.1 cm³/mol. The molecule has 0 aliphatic carbocycles. The van der Waals surface area contributed by atoms with Crippen LogP contribution in [-0.2, 0) is 11.8 Å². The van der Waals surface area contributed by atoms with E-state index in [1.165, 1.54) is 12.1 Å². The Morgan fingerprint density at radius 2 is 1.45 bits per heavy atom. The lowest BCUT2D eigenvalue weighted by Gasteiger charge is -2.30. The predicted octanol–water partition coefficient (Wildman–Crippen LogP) is 3.05. The molecule has 20 heavy (non-hydrogen) atoms. The van der Waals surface area contributed by atoms with Gasteiger partial charge in [0.1, 0.15) is 5.82 Å². The average molecular weight is 339 g/mol. The molecule has 0 aliphatic rings. The zero-order chi connectivity index (χ0) is 14.6. The van der Waals surface area contributed by atoms with Gasteiger partial charge < -0.3 is 10.2 Å². The normalized spacial score (nSPS) is 11.6. The summed E-state index contributed by atoms with van der Waals surface area (Å²) in [5.41, 5.74) is 0.925. The smallest absolute Gasteiger partial charge is 0.123 e. The first-order valence-electron chi connectivity index (χ1n) is 6.32. The third kappa shape index (κ3) is 3.26. The third-order valence-electron chi connectivity index (χ3n) is 3.52. The number of benzene rings is 2. The molecule has 2 nitrogen and oxygen atoms in total. The van der Waals surface area contributed by atoms with Gasteiger partial charge in [-0.2, -0.15) is 0 Å². The lowest BCUT2D eigenvalue weighted by atomic mass is 9.77. The number of hydrogen-bond acceptors (Lipinski definition) is 2. The van der Waals surface area contributed by atoms with Crippen molar-refractivity contribution in [1.82, 2.24) is 0 Å². The van der Waals surface area contributed by atoms with Gasteiger partial charge >= 0.3 is 0 Å². The molecule has 0 heterocycles. The molecular weight excluding hydrogens is 323 g/mol. The van der Waals surface area contributed by atoms with E-state index in [4.69, 9.17) is 0 Å². The highest BCUT2D eigenvalue weighted by atomic mass is 79.9. The molecule has 0 bridgehead atoms. The zero-order valence-corrected chi connectivity index (χ0v) is 12.5. The second kappa shape index (κ2) is 6.48. The van der Waals surface area contributed by atoms with E-state index in [0.717, 1.165) is 15.6 Å². The minimum atomic E-state index is -0.804.